The van der Waals surface area contributed by atoms with Crippen LogP contribution < -0.4 is 11.1 Å². The monoisotopic (exact) mass is 383 g/mol. The van der Waals surface area contributed by atoms with Gasteiger partial charge in [-0.25, -0.2) is 0 Å². The van der Waals surface area contributed by atoms with E-state index in [1.165, 1.54) is 6.42 Å². The van der Waals surface area contributed by atoms with Gasteiger partial charge >= 0.3 is 0 Å². The van der Waals surface area contributed by atoms with E-state index in [0.717, 1.165) is 32.5 Å². The van der Waals surface area contributed by atoms with Gasteiger partial charge in [0.15, 0.2) is 0 Å². The molecule has 1 aliphatic carbocycles. The van der Waals surface area contributed by atoms with Crippen molar-refractivity contribution < 1.29 is 9.53 Å². The fourth-order valence-electron chi connectivity index (χ4n) is 3.75. The predicted octanol–water partition coefficient (Wildman–Crippen LogP) is 2.35. The lowest BCUT2D eigenvalue weighted by Crippen LogP contribution is -2.76. The molecular weight excluding hydrogens is 349 g/mol. The molecule has 1 saturated carbocycles. The highest BCUT2D eigenvalue weighted by atomic mass is 35.5. The standard InChI is InChI=1S/C17H33N3O2.2ClH/c1-5-9-20-10-7-13(8-11-20)19-15(21)17(18)12-14(22-6-2)16(17,3)4;;/h13-14H,5-12,18H2,1-4H3,(H,19,21);2*1H. The summed E-state index contributed by atoms with van der Waals surface area (Å²) in [5.74, 6) is 0.00222. The Balaban J connectivity index is 0.00000264. The number of likely N-dealkylation sites (tertiary alicyclic amines) is 1. The van der Waals surface area contributed by atoms with E-state index in [9.17, 15) is 4.79 Å². The number of halogens is 2. The average Bonchev–Trinajstić information content (AvgIpc) is 2.49. The third-order valence-corrected chi connectivity index (χ3v) is 5.70. The maximum atomic E-state index is 12.7. The lowest BCUT2D eigenvalue weighted by Gasteiger charge is -2.57. The zero-order valence-electron chi connectivity index (χ0n) is 15.5. The van der Waals surface area contributed by atoms with Crippen LogP contribution in [0, 0.1) is 5.41 Å². The Labute approximate surface area is 159 Å². The van der Waals surface area contributed by atoms with E-state index in [2.05, 4.69) is 17.1 Å². The molecule has 1 amide bonds. The summed E-state index contributed by atoms with van der Waals surface area (Å²) < 4.78 is 5.70. The number of hydrogen-bond acceptors (Lipinski definition) is 4. The number of carbonyl (C=O) groups excluding carboxylic acids is 1. The molecule has 24 heavy (non-hydrogen) atoms. The van der Waals surface area contributed by atoms with Gasteiger partial charge in [0.05, 0.1) is 6.10 Å². The highest BCUT2D eigenvalue weighted by molar-refractivity contribution is 5.89. The van der Waals surface area contributed by atoms with Crippen LogP contribution in [0.15, 0.2) is 0 Å². The average molecular weight is 384 g/mol. The minimum absolute atomic E-state index is 0. The third-order valence-electron chi connectivity index (χ3n) is 5.70. The van der Waals surface area contributed by atoms with Crippen LogP contribution in [-0.2, 0) is 9.53 Å². The number of carbonyl (C=O) groups is 1. The smallest absolute Gasteiger partial charge is 0.241 e. The van der Waals surface area contributed by atoms with E-state index in [1.807, 2.05) is 20.8 Å². The molecule has 2 fully saturated rings. The van der Waals surface area contributed by atoms with E-state index in [4.69, 9.17) is 10.5 Å². The minimum Gasteiger partial charge on any atom is -0.378 e. The molecule has 3 N–H and O–H groups in total. The molecule has 5 nitrogen and oxygen atoms in total. The summed E-state index contributed by atoms with van der Waals surface area (Å²) in [4.78, 5) is 15.2. The number of piperidine rings is 1. The first-order chi connectivity index (χ1) is 10.3. The molecule has 0 aromatic heterocycles. The highest BCUT2D eigenvalue weighted by Gasteiger charge is 2.63. The molecular formula is C17H35Cl2N3O2. The zero-order valence-corrected chi connectivity index (χ0v) is 17.1. The van der Waals surface area contributed by atoms with Gasteiger partial charge in [0.1, 0.15) is 5.54 Å². The molecule has 7 heteroatoms. The van der Waals surface area contributed by atoms with Crippen LogP contribution in [0.1, 0.15) is 53.4 Å². The van der Waals surface area contributed by atoms with Crippen LogP contribution in [0.2, 0.25) is 0 Å². The van der Waals surface area contributed by atoms with Crippen molar-refractivity contribution in [2.24, 2.45) is 11.1 Å². The van der Waals surface area contributed by atoms with Crippen molar-refractivity contribution >= 4 is 30.7 Å². The topological polar surface area (TPSA) is 67.6 Å². The molecule has 0 aromatic rings. The zero-order chi connectivity index (χ0) is 16.4. The van der Waals surface area contributed by atoms with Gasteiger partial charge in [-0.2, -0.15) is 0 Å². The van der Waals surface area contributed by atoms with Crippen LogP contribution in [0.5, 0.6) is 0 Å². The van der Waals surface area contributed by atoms with E-state index < -0.39 is 5.54 Å². The van der Waals surface area contributed by atoms with Crippen LogP contribution in [0.25, 0.3) is 0 Å². The number of nitrogens with two attached hydrogens (primary N) is 1. The van der Waals surface area contributed by atoms with Gasteiger partial charge in [-0.1, -0.05) is 20.8 Å². The molecule has 2 atom stereocenters. The molecule has 0 bridgehead atoms. The summed E-state index contributed by atoms with van der Waals surface area (Å²) in [6.07, 6.45) is 3.94. The Morgan fingerprint density at radius 2 is 1.83 bits per heavy atom. The van der Waals surface area contributed by atoms with E-state index in [-0.39, 0.29) is 48.3 Å². The Morgan fingerprint density at radius 1 is 1.25 bits per heavy atom. The van der Waals surface area contributed by atoms with Crippen molar-refractivity contribution in [1.29, 1.82) is 0 Å². The van der Waals surface area contributed by atoms with Crippen molar-refractivity contribution in [2.75, 3.05) is 26.2 Å². The van der Waals surface area contributed by atoms with Gasteiger partial charge < -0.3 is 20.7 Å². The van der Waals surface area contributed by atoms with Gasteiger partial charge in [-0.3, -0.25) is 4.79 Å². The molecule has 1 aliphatic heterocycles. The highest BCUT2D eigenvalue weighted by Crippen LogP contribution is 2.49. The summed E-state index contributed by atoms with van der Waals surface area (Å²) in [7, 11) is 0. The normalized spacial score (nSPS) is 29.8. The molecule has 2 unspecified atom stereocenters. The van der Waals surface area contributed by atoms with Crippen LogP contribution in [0.3, 0.4) is 0 Å². The second kappa shape index (κ2) is 9.58. The third kappa shape index (κ3) is 4.55. The first kappa shape index (κ1) is 23.9. The van der Waals surface area contributed by atoms with Crippen molar-refractivity contribution in [2.45, 2.75) is 71.1 Å². The number of hydrogen-bond donors (Lipinski definition) is 2. The molecule has 2 aliphatic rings. The second-order valence-electron chi connectivity index (χ2n) is 7.43. The molecule has 144 valence electrons. The fraction of sp³-hybridized carbons (Fsp3) is 0.941. The second-order valence-corrected chi connectivity index (χ2v) is 7.43. The fourth-order valence-corrected chi connectivity index (χ4v) is 3.75. The van der Waals surface area contributed by atoms with Crippen molar-refractivity contribution in [3.05, 3.63) is 0 Å². The van der Waals surface area contributed by atoms with E-state index >= 15 is 0 Å². The first-order valence-electron chi connectivity index (χ1n) is 8.79. The van der Waals surface area contributed by atoms with E-state index in [0.29, 0.717) is 13.0 Å². The molecule has 1 heterocycles. The van der Waals surface area contributed by atoms with E-state index in [1.54, 1.807) is 0 Å². The minimum atomic E-state index is -0.798. The quantitative estimate of drug-likeness (QED) is 0.738. The Morgan fingerprint density at radius 3 is 2.29 bits per heavy atom. The molecule has 2 rings (SSSR count). The maximum Gasteiger partial charge on any atom is 0.241 e. The number of nitrogens with zero attached hydrogens (tertiary/aromatic N) is 1. The SMILES string of the molecule is CCCN1CCC(NC(=O)C2(N)CC(OCC)C2(C)C)CC1.Cl.Cl. The van der Waals surface area contributed by atoms with Crippen LogP contribution in [0.4, 0.5) is 0 Å². The molecule has 0 spiro atoms. The van der Waals surface area contributed by atoms with Crippen molar-refractivity contribution in [1.82, 2.24) is 10.2 Å². The van der Waals surface area contributed by atoms with Crippen molar-refractivity contribution in [3.8, 4) is 0 Å². The predicted molar refractivity (Wildman–Crippen MR) is 103 cm³/mol. The summed E-state index contributed by atoms with van der Waals surface area (Å²) >= 11 is 0. The number of amides is 1. The largest absolute Gasteiger partial charge is 0.378 e. The Bertz CT molecular complexity index is 401. The first-order valence-corrected chi connectivity index (χ1v) is 8.79. The lowest BCUT2D eigenvalue weighted by molar-refractivity contribution is -0.171. The van der Waals surface area contributed by atoms with Crippen LogP contribution in [-0.4, -0.2) is 54.7 Å². The van der Waals surface area contributed by atoms with Gasteiger partial charge in [0, 0.05) is 37.6 Å². The summed E-state index contributed by atoms with van der Waals surface area (Å²) in [5.41, 5.74) is 5.33. The Hall–Kier alpha value is -0.0700. The van der Waals surface area contributed by atoms with Gasteiger partial charge in [-0.15, -0.1) is 24.8 Å². The number of rotatable bonds is 6. The molecule has 0 aromatic carbocycles. The summed E-state index contributed by atoms with van der Waals surface area (Å²) in [6, 6.07) is 0.267. The van der Waals surface area contributed by atoms with Crippen LogP contribution >= 0.6 is 24.8 Å². The summed E-state index contributed by atoms with van der Waals surface area (Å²) in [5, 5.41) is 3.20. The van der Waals surface area contributed by atoms with Crippen molar-refractivity contribution in [3.63, 3.8) is 0 Å². The number of nitrogens with one attached hydrogen (secondary N) is 1. The molecule has 0 radical (unpaired) electrons. The maximum absolute atomic E-state index is 12.7. The van der Waals surface area contributed by atoms with Gasteiger partial charge in [0.25, 0.3) is 0 Å². The van der Waals surface area contributed by atoms with Gasteiger partial charge in [-0.05, 0) is 32.7 Å². The lowest BCUT2D eigenvalue weighted by atomic mass is 9.54. The van der Waals surface area contributed by atoms with Gasteiger partial charge in [0.2, 0.25) is 5.91 Å². The summed E-state index contributed by atoms with van der Waals surface area (Å²) in [6.45, 7) is 12.2. The number of ether oxygens (including phenoxy) is 1. The Kier molecular flexibility index (Phi) is 9.55. The molecule has 1 saturated heterocycles.